The number of aryl methyl sites for hydroxylation is 2. The Kier molecular flexibility index (Phi) is 10.3. The number of anilines is 1. The number of likely N-dealkylation sites (N-methyl/N-ethyl adjacent to an activating group) is 1. The van der Waals surface area contributed by atoms with Gasteiger partial charge in [-0.2, -0.15) is 0 Å². The third-order valence-electron chi connectivity index (χ3n) is 7.06. The van der Waals surface area contributed by atoms with Gasteiger partial charge in [-0.3, -0.25) is 13.9 Å². The van der Waals surface area contributed by atoms with Crippen molar-refractivity contribution >= 4 is 27.5 Å². The standard InChI is InChI=1S/C34H36FN3O4S/c1-4-36-34(40)32(22-27-10-6-5-7-11-27)37(23-28-12-8-9-26(3)21-28)33(39)24-38(30-17-13-25(2)14-18-30)43(41,42)31-19-15-29(35)16-20-31/h5-21,32H,4,22-24H2,1-3H3,(H,36,40)/t32-/m1/s1. The van der Waals surface area contributed by atoms with Crippen LogP contribution in [0.15, 0.2) is 108 Å². The Morgan fingerprint density at radius 3 is 2.09 bits per heavy atom. The molecule has 0 unspecified atom stereocenters. The van der Waals surface area contributed by atoms with Crippen molar-refractivity contribution in [2.24, 2.45) is 0 Å². The first kappa shape index (κ1) is 31.4. The molecule has 4 rings (SSSR count). The maximum atomic E-state index is 14.3. The van der Waals surface area contributed by atoms with E-state index in [1.54, 1.807) is 31.2 Å². The first-order valence-corrected chi connectivity index (χ1v) is 15.5. The average Bonchev–Trinajstić information content (AvgIpc) is 2.99. The first-order chi connectivity index (χ1) is 20.6. The van der Waals surface area contributed by atoms with Crippen molar-refractivity contribution in [3.05, 3.63) is 131 Å². The molecule has 224 valence electrons. The van der Waals surface area contributed by atoms with Gasteiger partial charge in [-0.05, 0) is 68.3 Å². The van der Waals surface area contributed by atoms with Crippen molar-refractivity contribution in [2.75, 3.05) is 17.4 Å². The Hall–Kier alpha value is -4.50. The zero-order chi connectivity index (χ0) is 31.0. The summed E-state index contributed by atoms with van der Waals surface area (Å²) in [5.74, 6) is -1.47. The molecule has 43 heavy (non-hydrogen) atoms. The van der Waals surface area contributed by atoms with Gasteiger partial charge in [-0.25, -0.2) is 12.8 Å². The fourth-order valence-electron chi connectivity index (χ4n) is 4.83. The predicted octanol–water partition coefficient (Wildman–Crippen LogP) is 5.41. The zero-order valence-electron chi connectivity index (χ0n) is 24.5. The lowest BCUT2D eigenvalue weighted by Crippen LogP contribution is -2.53. The molecule has 0 aliphatic carbocycles. The summed E-state index contributed by atoms with van der Waals surface area (Å²) in [5, 5.41) is 2.85. The summed E-state index contributed by atoms with van der Waals surface area (Å²) in [6, 6.07) is 27.3. The van der Waals surface area contributed by atoms with E-state index < -0.39 is 34.3 Å². The highest BCUT2D eigenvalue weighted by molar-refractivity contribution is 7.92. The lowest BCUT2D eigenvalue weighted by Gasteiger charge is -2.34. The van der Waals surface area contributed by atoms with Gasteiger partial charge in [0.05, 0.1) is 10.6 Å². The lowest BCUT2D eigenvalue weighted by molar-refractivity contribution is -0.140. The zero-order valence-corrected chi connectivity index (χ0v) is 25.4. The minimum Gasteiger partial charge on any atom is -0.355 e. The van der Waals surface area contributed by atoms with Crippen LogP contribution in [0.1, 0.15) is 29.2 Å². The number of hydrogen-bond acceptors (Lipinski definition) is 4. The highest BCUT2D eigenvalue weighted by Crippen LogP contribution is 2.26. The smallest absolute Gasteiger partial charge is 0.264 e. The molecule has 0 saturated carbocycles. The van der Waals surface area contributed by atoms with Gasteiger partial charge in [-0.15, -0.1) is 0 Å². The number of hydrogen-bond donors (Lipinski definition) is 1. The molecular weight excluding hydrogens is 565 g/mol. The van der Waals surface area contributed by atoms with E-state index in [0.29, 0.717) is 6.54 Å². The molecule has 1 N–H and O–H groups in total. The molecule has 0 aliphatic heterocycles. The number of halogens is 1. The maximum Gasteiger partial charge on any atom is 0.264 e. The van der Waals surface area contributed by atoms with E-state index in [-0.39, 0.29) is 29.5 Å². The summed E-state index contributed by atoms with van der Waals surface area (Å²) in [4.78, 5) is 29.2. The van der Waals surface area contributed by atoms with E-state index in [0.717, 1.165) is 38.7 Å². The maximum absolute atomic E-state index is 14.3. The Morgan fingerprint density at radius 2 is 1.47 bits per heavy atom. The van der Waals surface area contributed by atoms with Gasteiger partial charge in [0.25, 0.3) is 10.0 Å². The van der Waals surface area contributed by atoms with Crippen LogP contribution in [0.5, 0.6) is 0 Å². The van der Waals surface area contributed by atoms with E-state index in [2.05, 4.69) is 5.32 Å². The largest absolute Gasteiger partial charge is 0.355 e. The van der Waals surface area contributed by atoms with E-state index in [1.165, 1.54) is 17.0 Å². The van der Waals surface area contributed by atoms with Gasteiger partial charge < -0.3 is 10.2 Å². The second-order valence-electron chi connectivity index (χ2n) is 10.4. The van der Waals surface area contributed by atoms with Crippen LogP contribution >= 0.6 is 0 Å². The van der Waals surface area contributed by atoms with Gasteiger partial charge in [0.15, 0.2) is 0 Å². The van der Waals surface area contributed by atoms with Crippen LogP contribution in [0, 0.1) is 19.7 Å². The van der Waals surface area contributed by atoms with E-state index in [4.69, 9.17) is 0 Å². The van der Waals surface area contributed by atoms with Gasteiger partial charge in [-0.1, -0.05) is 77.9 Å². The number of amides is 2. The van der Waals surface area contributed by atoms with Gasteiger partial charge in [0.1, 0.15) is 18.4 Å². The van der Waals surface area contributed by atoms with Crippen LogP contribution in [0.4, 0.5) is 10.1 Å². The van der Waals surface area contributed by atoms with Crippen LogP contribution in [0.25, 0.3) is 0 Å². The van der Waals surface area contributed by atoms with Crippen LogP contribution < -0.4 is 9.62 Å². The van der Waals surface area contributed by atoms with Gasteiger partial charge >= 0.3 is 0 Å². The van der Waals surface area contributed by atoms with Gasteiger partial charge in [0.2, 0.25) is 11.8 Å². The molecule has 0 saturated heterocycles. The minimum atomic E-state index is -4.29. The second-order valence-corrected chi connectivity index (χ2v) is 12.3. The molecule has 0 radical (unpaired) electrons. The Bertz CT molecular complexity index is 1640. The summed E-state index contributed by atoms with van der Waals surface area (Å²) in [7, 11) is -4.29. The molecule has 0 aromatic heterocycles. The number of carbonyl (C=O) groups excluding carboxylic acids is 2. The Labute approximate surface area is 253 Å². The highest BCUT2D eigenvalue weighted by atomic mass is 32.2. The van der Waals surface area contributed by atoms with Crippen molar-refractivity contribution in [3.63, 3.8) is 0 Å². The summed E-state index contributed by atoms with van der Waals surface area (Å²) in [6.45, 7) is 5.50. The molecule has 0 heterocycles. The summed E-state index contributed by atoms with van der Waals surface area (Å²) in [6.07, 6.45) is 0.236. The van der Waals surface area contributed by atoms with E-state index >= 15 is 0 Å². The fourth-order valence-corrected chi connectivity index (χ4v) is 6.24. The van der Waals surface area contributed by atoms with Crippen LogP contribution in [-0.2, 0) is 32.6 Å². The number of nitrogens with zero attached hydrogens (tertiary/aromatic N) is 2. The lowest BCUT2D eigenvalue weighted by atomic mass is 10.0. The molecule has 4 aromatic rings. The SMILES string of the molecule is CCNC(=O)[C@@H](Cc1ccccc1)N(Cc1cccc(C)c1)C(=O)CN(c1ccc(C)cc1)S(=O)(=O)c1ccc(F)cc1. The van der Waals surface area contributed by atoms with E-state index in [1.807, 2.05) is 68.4 Å². The molecule has 4 aromatic carbocycles. The van der Waals surface area contributed by atoms with Crippen LogP contribution in [0.3, 0.4) is 0 Å². The molecule has 0 aliphatic rings. The predicted molar refractivity (Wildman–Crippen MR) is 166 cm³/mol. The number of sulfonamides is 1. The molecule has 1 atom stereocenters. The number of rotatable bonds is 12. The molecular formula is C34H36FN3O4S. The van der Waals surface area contributed by atoms with Crippen molar-refractivity contribution in [1.82, 2.24) is 10.2 Å². The van der Waals surface area contributed by atoms with E-state index in [9.17, 15) is 22.4 Å². The first-order valence-electron chi connectivity index (χ1n) is 14.1. The summed E-state index contributed by atoms with van der Waals surface area (Å²) in [5.41, 5.74) is 3.84. The number of nitrogens with one attached hydrogen (secondary N) is 1. The molecule has 2 amide bonds. The Morgan fingerprint density at radius 1 is 0.814 bits per heavy atom. The topological polar surface area (TPSA) is 86.8 Å². The second kappa shape index (κ2) is 14.1. The average molecular weight is 602 g/mol. The summed E-state index contributed by atoms with van der Waals surface area (Å²) < 4.78 is 42.6. The molecule has 9 heteroatoms. The van der Waals surface area contributed by atoms with Crippen LogP contribution in [0.2, 0.25) is 0 Å². The summed E-state index contributed by atoms with van der Waals surface area (Å²) >= 11 is 0. The molecule has 0 spiro atoms. The highest BCUT2D eigenvalue weighted by Gasteiger charge is 2.34. The third kappa shape index (κ3) is 8.08. The van der Waals surface area contributed by atoms with Crippen molar-refractivity contribution in [1.29, 1.82) is 0 Å². The van der Waals surface area contributed by atoms with Crippen LogP contribution in [-0.4, -0.2) is 44.3 Å². The van der Waals surface area contributed by atoms with Crippen molar-refractivity contribution in [2.45, 2.75) is 44.7 Å². The van der Waals surface area contributed by atoms with Crippen molar-refractivity contribution in [3.8, 4) is 0 Å². The fraction of sp³-hybridized carbons (Fsp3) is 0.235. The molecule has 0 fully saturated rings. The molecule has 0 bridgehead atoms. The Balaban J connectivity index is 1.79. The third-order valence-corrected chi connectivity index (χ3v) is 8.85. The van der Waals surface area contributed by atoms with Crippen molar-refractivity contribution < 1.29 is 22.4 Å². The monoisotopic (exact) mass is 601 g/mol. The number of benzene rings is 4. The quantitative estimate of drug-likeness (QED) is 0.235. The number of carbonyl (C=O) groups is 2. The minimum absolute atomic E-state index is 0.0908. The van der Waals surface area contributed by atoms with Gasteiger partial charge in [0, 0.05) is 19.5 Å². The normalized spacial score (nSPS) is 11.9. The molecule has 7 nitrogen and oxygen atoms in total.